The van der Waals surface area contributed by atoms with Gasteiger partial charge in [0.2, 0.25) is 5.91 Å². The second-order valence-corrected chi connectivity index (χ2v) is 3.35. The summed E-state index contributed by atoms with van der Waals surface area (Å²) in [4.78, 5) is 17.1. The van der Waals surface area contributed by atoms with Crippen molar-refractivity contribution in [3.8, 4) is 0 Å². The van der Waals surface area contributed by atoms with Gasteiger partial charge in [0.05, 0.1) is 6.04 Å². The van der Waals surface area contributed by atoms with E-state index < -0.39 is 0 Å². The summed E-state index contributed by atoms with van der Waals surface area (Å²) in [6.45, 7) is 0. The zero-order valence-electron chi connectivity index (χ0n) is 9.60. The van der Waals surface area contributed by atoms with E-state index in [1.807, 2.05) is 25.4 Å². The van der Waals surface area contributed by atoms with Gasteiger partial charge < -0.3 is 6.33 Å². The van der Waals surface area contributed by atoms with Crippen LogP contribution in [-0.4, -0.2) is 22.8 Å². The first-order valence-corrected chi connectivity index (χ1v) is 4.44. The van der Waals surface area contributed by atoms with Crippen molar-refractivity contribution in [2.75, 3.05) is 7.05 Å². The molecule has 2 heterocycles. The summed E-state index contributed by atoms with van der Waals surface area (Å²) in [5.74, 6) is 0.230. The van der Waals surface area contributed by atoms with Crippen molar-refractivity contribution < 1.29 is 35.8 Å². The molecule has 2 rings (SSSR count). The second-order valence-electron chi connectivity index (χ2n) is 3.35. The molecule has 1 fully saturated rings. The van der Waals surface area contributed by atoms with Gasteiger partial charge in [-0.25, -0.2) is 0 Å². The minimum atomic E-state index is 0. The Morgan fingerprint density at radius 3 is 2.93 bits per heavy atom. The van der Waals surface area contributed by atoms with E-state index in [1.54, 1.807) is 11.1 Å². The van der Waals surface area contributed by atoms with Crippen molar-refractivity contribution in [3.63, 3.8) is 0 Å². The van der Waals surface area contributed by atoms with Crippen LogP contribution in [0.3, 0.4) is 0 Å². The number of pyridine rings is 1. The van der Waals surface area contributed by atoms with Crippen LogP contribution in [0.25, 0.3) is 0 Å². The third-order valence-corrected chi connectivity index (χ3v) is 2.56. The van der Waals surface area contributed by atoms with Gasteiger partial charge in [-0.1, -0.05) is 6.07 Å². The van der Waals surface area contributed by atoms with Crippen molar-refractivity contribution in [3.05, 3.63) is 30.1 Å². The monoisotopic (exact) mass is 200 g/mol. The molecule has 1 unspecified atom stereocenters. The van der Waals surface area contributed by atoms with E-state index in [4.69, 9.17) is 0 Å². The van der Waals surface area contributed by atoms with E-state index in [0.717, 1.165) is 12.0 Å². The minimum Gasteiger partial charge on any atom is -1.00 e. The van der Waals surface area contributed by atoms with Crippen LogP contribution in [0.1, 0.15) is 25.9 Å². The Morgan fingerprint density at radius 1 is 1.64 bits per heavy atom. The Bertz CT molecular complexity index is 320. The van der Waals surface area contributed by atoms with Crippen molar-refractivity contribution in [1.29, 1.82) is 0 Å². The van der Waals surface area contributed by atoms with Crippen molar-refractivity contribution in [2.45, 2.75) is 18.9 Å². The fourth-order valence-electron chi connectivity index (χ4n) is 1.77. The van der Waals surface area contributed by atoms with Crippen LogP contribution >= 0.6 is 0 Å². The van der Waals surface area contributed by atoms with E-state index in [2.05, 4.69) is 4.98 Å². The van der Waals surface area contributed by atoms with Gasteiger partial charge in [0.15, 0.2) is 0 Å². The quantitative estimate of drug-likeness (QED) is 0.516. The number of amides is 1. The van der Waals surface area contributed by atoms with Crippen LogP contribution in [0.2, 0.25) is 0 Å². The molecule has 0 aromatic carbocycles. The molecule has 14 heavy (non-hydrogen) atoms. The third kappa shape index (κ3) is 2.16. The third-order valence-electron chi connectivity index (χ3n) is 2.56. The summed E-state index contributed by atoms with van der Waals surface area (Å²) in [5.41, 5.74) is 1.14. The molecule has 0 radical (unpaired) electrons. The molecule has 70 valence electrons. The minimum absolute atomic E-state index is 0. The number of hydrogen-bond donors (Lipinski definition) is 0. The van der Waals surface area contributed by atoms with Crippen LogP contribution in [0.5, 0.6) is 0 Å². The van der Waals surface area contributed by atoms with Crippen LogP contribution in [0.15, 0.2) is 24.5 Å². The molecule has 0 aliphatic carbocycles. The van der Waals surface area contributed by atoms with Gasteiger partial charge in [-0.2, -0.15) is 0 Å². The summed E-state index contributed by atoms with van der Waals surface area (Å²) >= 11 is 0. The second kappa shape index (κ2) is 4.91. The molecular formula is C10H13N2NaO. The molecular weight excluding hydrogens is 187 g/mol. The van der Waals surface area contributed by atoms with Crippen molar-refractivity contribution >= 4 is 5.91 Å². The first kappa shape index (κ1) is 11.7. The Kier molecular flexibility index (Phi) is 4.11. The molecule has 0 bridgehead atoms. The number of rotatable bonds is 1. The molecule has 1 aliphatic rings. The Morgan fingerprint density at radius 2 is 2.43 bits per heavy atom. The molecule has 0 saturated carbocycles. The fourth-order valence-corrected chi connectivity index (χ4v) is 1.77. The average Bonchev–Trinajstić information content (AvgIpc) is 2.49. The van der Waals surface area contributed by atoms with Gasteiger partial charge in [-0.3, -0.25) is 9.78 Å². The van der Waals surface area contributed by atoms with Gasteiger partial charge in [-0.15, -0.1) is 0 Å². The number of aromatic nitrogens is 1. The summed E-state index contributed by atoms with van der Waals surface area (Å²) in [5, 5.41) is 0. The van der Waals surface area contributed by atoms with Crippen LogP contribution in [0.4, 0.5) is 0 Å². The maximum absolute atomic E-state index is 11.3. The molecule has 1 saturated heterocycles. The smallest absolute Gasteiger partial charge is 1.00 e. The Labute approximate surface area is 107 Å². The fraction of sp³-hybridized carbons (Fsp3) is 0.400. The number of likely N-dealkylation sites (tertiary alicyclic amines) is 1. The van der Waals surface area contributed by atoms with Gasteiger partial charge in [-0.05, 0) is 18.1 Å². The molecule has 1 aliphatic heterocycles. The molecule has 3 nitrogen and oxygen atoms in total. The van der Waals surface area contributed by atoms with Gasteiger partial charge in [0, 0.05) is 25.9 Å². The average molecular weight is 200 g/mol. The van der Waals surface area contributed by atoms with Gasteiger partial charge in [0.1, 0.15) is 0 Å². The van der Waals surface area contributed by atoms with E-state index in [-0.39, 0.29) is 42.9 Å². The Balaban J connectivity index is 0.000000980. The van der Waals surface area contributed by atoms with Crippen molar-refractivity contribution in [1.82, 2.24) is 9.88 Å². The van der Waals surface area contributed by atoms with E-state index in [0.29, 0.717) is 6.42 Å². The first-order valence-electron chi connectivity index (χ1n) is 4.44. The van der Waals surface area contributed by atoms with Crippen molar-refractivity contribution in [2.24, 2.45) is 0 Å². The number of carbonyl (C=O) groups is 1. The van der Waals surface area contributed by atoms with Gasteiger partial charge in [0.25, 0.3) is 0 Å². The zero-order valence-corrected chi connectivity index (χ0v) is 10.6. The number of nitrogens with zero attached hydrogens (tertiary/aromatic N) is 2. The maximum Gasteiger partial charge on any atom is 1.00 e. The molecule has 1 atom stereocenters. The van der Waals surface area contributed by atoms with Crippen LogP contribution < -0.4 is 29.6 Å². The Hall–Kier alpha value is -0.380. The summed E-state index contributed by atoms with van der Waals surface area (Å²) in [7, 11) is 1.85. The predicted molar refractivity (Wildman–Crippen MR) is 50.1 cm³/mol. The number of carbonyl (C=O) groups excluding carboxylic acids is 1. The van der Waals surface area contributed by atoms with Crippen LogP contribution in [0, 0.1) is 0 Å². The topological polar surface area (TPSA) is 33.2 Å². The molecule has 1 aromatic rings. The molecule has 1 aromatic heterocycles. The largest absolute Gasteiger partial charge is 1.00 e. The van der Waals surface area contributed by atoms with Crippen LogP contribution in [-0.2, 0) is 4.79 Å². The summed E-state index contributed by atoms with van der Waals surface area (Å²) in [6.07, 6.45) is 5.16. The SMILES string of the molecule is CN1C(=O)CCC1c1cccnc1.[H-].[Na+]. The molecule has 1 amide bonds. The molecule has 0 spiro atoms. The van der Waals surface area contributed by atoms with E-state index in [9.17, 15) is 4.79 Å². The predicted octanol–water partition coefficient (Wildman–Crippen LogP) is -1.51. The molecule has 4 heteroatoms. The maximum atomic E-state index is 11.3. The molecule has 0 N–H and O–H groups in total. The van der Waals surface area contributed by atoms with E-state index >= 15 is 0 Å². The zero-order chi connectivity index (χ0) is 9.26. The summed E-state index contributed by atoms with van der Waals surface area (Å²) in [6, 6.07) is 4.17. The normalized spacial score (nSPS) is 20.8. The number of hydrogen-bond acceptors (Lipinski definition) is 2. The summed E-state index contributed by atoms with van der Waals surface area (Å²) < 4.78 is 0. The van der Waals surface area contributed by atoms with Gasteiger partial charge >= 0.3 is 29.6 Å². The first-order chi connectivity index (χ1) is 6.29. The van der Waals surface area contributed by atoms with E-state index in [1.165, 1.54) is 0 Å². The standard InChI is InChI=1S/C10H12N2O.Na.H/c1-12-9(4-5-10(12)13)8-3-2-6-11-7-8;;/h2-3,6-7,9H,4-5H2,1H3;;/q;+1;-1.